The smallest absolute Gasteiger partial charge is 0.152 e. The third kappa shape index (κ3) is 14.2. The van der Waals surface area contributed by atoms with Gasteiger partial charge in [-0.1, -0.05) is 139 Å². The van der Waals surface area contributed by atoms with Crippen molar-refractivity contribution in [2.45, 2.75) is 0 Å². The van der Waals surface area contributed by atoms with Crippen molar-refractivity contribution in [3.8, 4) is 23.0 Å². The maximum atomic E-state index is 9.01. The van der Waals surface area contributed by atoms with Crippen molar-refractivity contribution in [1.29, 1.82) is 0 Å². The number of halogens is 12. The van der Waals surface area contributed by atoms with Gasteiger partial charge in [-0.2, -0.15) is 0 Å². The van der Waals surface area contributed by atoms with Crippen LogP contribution in [0.25, 0.3) is 0 Å². The van der Waals surface area contributed by atoms with Crippen molar-refractivity contribution in [1.82, 2.24) is 0 Å². The summed E-state index contributed by atoms with van der Waals surface area (Å²) in [6, 6.07) is 11.4. The minimum absolute atomic E-state index is 0. The molecule has 0 heterocycles. The van der Waals surface area contributed by atoms with Crippen LogP contribution >= 0.6 is 139 Å². The number of aromatic hydroxyl groups is 4. The summed E-state index contributed by atoms with van der Waals surface area (Å²) in [6.45, 7) is 0. The molecule has 0 saturated carbocycles. The van der Waals surface area contributed by atoms with Crippen LogP contribution in [-0.2, 0) is 17.1 Å². The van der Waals surface area contributed by atoms with Gasteiger partial charge in [0.25, 0.3) is 0 Å². The molecule has 4 aromatic rings. The Morgan fingerprint density at radius 1 is 0.268 bits per heavy atom. The van der Waals surface area contributed by atoms with Gasteiger partial charge in [0, 0.05) is 37.2 Å². The Balaban J connectivity index is 0.000000516. The van der Waals surface area contributed by atoms with E-state index >= 15 is 0 Å². The Morgan fingerprint density at radius 3 is 0.463 bits per heavy atom. The molecule has 4 aromatic carbocycles. The van der Waals surface area contributed by atoms with Crippen molar-refractivity contribution >= 4 is 139 Å². The third-order valence-corrected chi connectivity index (χ3v) is 7.10. The zero-order chi connectivity index (χ0) is 30.9. The van der Waals surface area contributed by atoms with E-state index in [1.807, 2.05) is 0 Å². The minimum atomic E-state index is -0.132. The average Bonchev–Trinajstić information content (AvgIpc) is 2.84. The van der Waals surface area contributed by atoms with E-state index in [4.69, 9.17) is 160 Å². The number of phenols is 4. The number of rotatable bonds is 0. The molecule has 0 fully saturated rings. The van der Waals surface area contributed by atoms with E-state index in [9.17, 15) is 0 Å². The molecule has 0 aliphatic heterocycles. The summed E-state index contributed by atoms with van der Waals surface area (Å²) in [5.74, 6) is -0.527. The van der Waals surface area contributed by atoms with Crippen LogP contribution in [0.1, 0.15) is 0 Å². The predicted octanol–water partition coefficient (Wildman–Crippen LogP) is 13.4. The zero-order valence-electron chi connectivity index (χ0n) is 19.3. The third-order valence-electron chi connectivity index (χ3n) is 3.93. The van der Waals surface area contributed by atoms with Crippen molar-refractivity contribution in [3.05, 3.63) is 109 Å². The molecule has 0 amide bonds. The topological polar surface area (TPSA) is 80.9 Å². The standard InChI is InChI=1S/4C6H3Cl3O.Fe/c4*7-3-1-4(8)6(10)5(9)2-3;/h4*1-2,10H;. The summed E-state index contributed by atoms with van der Waals surface area (Å²) in [6.07, 6.45) is 0. The summed E-state index contributed by atoms with van der Waals surface area (Å²) in [7, 11) is 0. The predicted molar refractivity (Wildman–Crippen MR) is 173 cm³/mol. The number of phenolic OH excluding ortho intramolecular Hbond substituents is 4. The largest absolute Gasteiger partial charge is 0.505 e. The van der Waals surface area contributed by atoms with Crippen LogP contribution in [0.15, 0.2) is 48.5 Å². The Bertz CT molecular complexity index is 1170. The molecule has 4 N–H and O–H groups in total. The van der Waals surface area contributed by atoms with Gasteiger partial charge in [-0.15, -0.1) is 0 Å². The van der Waals surface area contributed by atoms with Crippen molar-refractivity contribution in [2.75, 3.05) is 0 Å². The molecule has 0 radical (unpaired) electrons. The Morgan fingerprint density at radius 2 is 0.366 bits per heavy atom. The van der Waals surface area contributed by atoms with E-state index in [-0.39, 0.29) is 80.2 Å². The molecule has 0 bridgehead atoms. The molecule has 224 valence electrons. The van der Waals surface area contributed by atoms with Crippen LogP contribution in [0.4, 0.5) is 0 Å². The van der Waals surface area contributed by atoms with Crippen LogP contribution in [0.5, 0.6) is 23.0 Å². The first-order chi connectivity index (χ1) is 18.4. The zero-order valence-corrected chi connectivity index (χ0v) is 29.5. The van der Waals surface area contributed by atoms with Crippen molar-refractivity contribution in [2.24, 2.45) is 0 Å². The van der Waals surface area contributed by atoms with E-state index in [2.05, 4.69) is 0 Å². The van der Waals surface area contributed by atoms with Crippen LogP contribution < -0.4 is 0 Å². The van der Waals surface area contributed by atoms with Crippen LogP contribution in [0.3, 0.4) is 0 Å². The Kier molecular flexibility index (Phi) is 19.5. The molecule has 4 nitrogen and oxygen atoms in total. The molecule has 0 saturated heterocycles. The second-order valence-corrected chi connectivity index (χ2v) is 11.9. The molecule has 0 aliphatic rings. The first-order valence-corrected chi connectivity index (χ1v) is 14.3. The molecule has 4 rings (SSSR count). The summed E-state index contributed by atoms with van der Waals surface area (Å²) < 4.78 is 0. The molecule has 0 atom stereocenters. The van der Waals surface area contributed by atoms with Crippen LogP contribution in [0.2, 0.25) is 60.3 Å². The SMILES string of the molecule is Oc1c(Cl)cc(Cl)cc1Cl.Oc1c(Cl)cc(Cl)cc1Cl.Oc1c(Cl)cc(Cl)cc1Cl.Oc1c(Cl)cc(Cl)cc1Cl.[Fe]. The fourth-order valence-electron chi connectivity index (χ4n) is 2.14. The quantitative estimate of drug-likeness (QED) is 0.133. The van der Waals surface area contributed by atoms with Crippen molar-refractivity contribution < 1.29 is 37.5 Å². The van der Waals surface area contributed by atoms with Crippen molar-refractivity contribution in [3.63, 3.8) is 0 Å². The molecule has 0 aromatic heterocycles. The fraction of sp³-hybridized carbons (Fsp3) is 0. The molecule has 41 heavy (non-hydrogen) atoms. The monoisotopic (exact) mass is 840 g/mol. The maximum Gasteiger partial charge on any atom is 0.152 e. The van der Waals surface area contributed by atoms with E-state index in [1.54, 1.807) is 0 Å². The van der Waals surface area contributed by atoms with Gasteiger partial charge in [0.15, 0.2) is 23.0 Å². The summed E-state index contributed by atoms with van der Waals surface area (Å²) in [4.78, 5) is 0. The van der Waals surface area contributed by atoms with E-state index < -0.39 is 0 Å². The fourth-order valence-corrected chi connectivity index (χ4v) is 5.41. The molecule has 17 heteroatoms. The normalized spacial score (nSPS) is 9.66. The van der Waals surface area contributed by atoms with Gasteiger partial charge >= 0.3 is 0 Å². The summed E-state index contributed by atoms with van der Waals surface area (Å²) >= 11 is 66.2. The van der Waals surface area contributed by atoms with Gasteiger partial charge in [-0.3, -0.25) is 0 Å². The first kappa shape index (κ1) is 41.1. The molecular weight excluding hydrogens is 834 g/mol. The minimum Gasteiger partial charge on any atom is -0.505 e. The molecule has 0 aliphatic carbocycles. The van der Waals surface area contributed by atoms with E-state index in [1.165, 1.54) is 48.5 Å². The van der Waals surface area contributed by atoms with Gasteiger partial charge in [-0.05, 0) is 48.5 Å². The maximum absolute atomic E-state index is 9.01. The summed E-state index contributed by atoms with van der Waals surface area (Å²) in [5, 5.41) is 39.0. The molecule has 0 spiro atoms. The van der Waals surface area contributed by atoms with Gasteiger partial charge in [0.2, 0.25) is 0 Å². The van der Waals surface area contributed by atoms with Gasteiger partial charge in [0.1, 0.15) is 0 Å². The Hall–Kier alpha value is 0.0795. The molecule has 0 unspecified atom stereocenters. The second-order valence-electron chi connectivity index (χ2n) is 6.87. The average molecular weight is 846 g/mol. The van der Waals surface area contributed by atoms with Crippen LogP contribution in [-0.4, -0.2) is 20.4 Å². The summed E-state index contributed by atoms with van der Waals surface area (Å²) in [5.41, 5.74) is 0. The second kappa shape index (κ2) is 19.5. The van der Waals surface area contributed by atoms with Crippen LogP contribution in [0, 0.1) is 0 Å². The van der Waals surface area contributed by atoms with Gasteiger partial charge < -0.3 is 20.4 Å². The van der Waals surface area contributed by atoms with E-state index in [0.717, 1.165) is 0 Å². The van der Waals surface area contributed by atoms with E-state index in [0.29, 0.717) is 20.1 Å². The number of hydrogen-bond donors (Lipinski definition) is 4. The molecular formula is C24H12Cl12FeO4. The number of hydrogen-bond acceptors (Lipinski definition) is 4. The first-order valence-electron chi connectivity index (χ1n) is 9.78. The van der Waals surface area contributed by atoms with Gasteiger partial charge in [-0.25, -0.2) is 0 Å². The Labute approximate surface area is 305 Å². The van der Waals surface area contributed by atoms with Gasteiger partial charge in [0.05, 0.1) is 40.2 Å². The number of benzene rings is 4.